The Morgan fingerprint density at radius 1 is 1.56 bits per heavy atom. The van der Waals surface area contributed by atoms with E-state index in [-0.39, 0.29) is 23.6 Å². The molecular weight excluding hydrogens is 232 g/mol. The van der Waals surface area contributed by atoms with Gasteiger partial charge in [-0.05, 0) is 6.07 Å². The summed E-state index contributed by atoms with van der Waals surface area (Å²) in [5, 5.41) is 11.7. The van der Waals surface area contributed by atoms with Gasteiger partial charge in [0, 0.05) is 19.0 Å². The van der Waals surface area contributed by atoms with Gasteiger partial charge in [-0.25, -0.2) is 8.42 Å². The molecule has 0 atom stereocenters. The Bertz CT molecular complexity index is 484. The Kier molecular flexibility index (Phi) is 3.83. The van der Waals surface area contributed by atoms with Crippen LogP contribution in [0.4, 0.5) is 0 Å². The molecule has 0 spiro atoms. The fraction of sp³-hybridized carbons (Fsp3) is 0.333. The minimum absolute atomic E-state index is 0.0133. The number of nitrogens with zero attached hydrogens (tertiary/aromatic N) is 1. The van der Waals surface area contributed by atoms with E-state index in [1.54, 1.807) is 0 Å². The van der Waals surface area contributed by atoms with Crippen molar-refractivity contribution < 1.29 is 18.3 Å². The van der Waals surface area contributed by atoms with Crippen LogP contribution < -0.4 is 5.32 Å². The first-order valence-corrected chi connectivity index (χ1v) is 6.55. The number of pyridine rings is 1. The highest BCUT2D eigenvalue weighted by molar-refractivity contribution is 7.90. The van der Waals surface area contributed by atoms with Gasteiger partial charge in [-0.2, -0.15) is 0 Å². The van der Waals surface area contributed by atoms with Gasteiger partial charge in [0.15, 0.2) is 0 Å². The van der Waals surface area contributed by atoms with Crippen molar-refractivity contribution in [3.8, 4) is 5.75 Å². The van der Waals surface area contributed by atoms with E-state index in [1.165, 1.54) is 12.3 Å². The minimum Gasteiger partial charge on any atom is -0.505 e. The third-order valence-corrected chi connectivity index (χ3v) is 2.75. The summed E-state index contributed by atoms with van der Waals surface area (Å²) >= 11 is 0. The molecule has 0 saturated heterocycles. The molecule has 0 fully saturated rings. The number of rotatable bonds is 4. The molecule has 0 aromatic carbocycles. The first-order valence-electron chi connectivity index (χ1n) is 4.49. The van der Waals surface area contributed by atoms with Crippen molar-refractivity contribution in [3.05, 3.63) is 24.0 Å². The van der Waals surface area contributed by atoms with Crippen LogP contribution >= 0.6 is 0 Å². The smallest absolute Gasteiger partial charge is 0.255 e. The predicted molar refractivity (Wildman–Crippen MR) is 57.9 cm³/mol. The molecule has 0 aliphatic rings. The van der Waals surface area contributed by atoms with Crippen molar-refractivity contribution in [2.45, 2.75) is 0 Å². The minimum atomic E-state index is -3.10. The number of nitrogens with one attached hydrogen (secondary N) is 1. The maximum atomic E-state index is 11.5. The molecular formula is C9H12N2O4S. The van der Waals surface area contributed by atoms with Gasteiger partial charge in [0.05, 0.1) is 17.5 Å². The number of amides is 1. The van der Waals surface area contributed by atoms with Gasteiger partial charge in [-0.1, -0.05) is 0 Å². The summed E-state index contributed by atoms with van der Waals surface area (Å²) in [6, 6.07) is 1.35. The molecule has 0 bridgehead atoms. The zero-order valence-electron chi connectivity index (χ0n) is 8.67. The highest BCUT2D eigenvalue weighted by Crippen LogP contribution is 2.12. The number of aromatic hydroxyl groups is 1. The van der Waals surface area contributed by atoms with Gasteiger partial charge in [0.1, 0.15) is 15.6 Å². The second-order valence-corrected chi connectivity index (χ2v) is 5.54. The molecule has 0 radical (unpaired) electrons. The van der Waals surface area contributed by atoms with Gasteiger partial charge in [0.25, 0.3) is 5.91 Å². The third-order valence-electron chi connectivity index (χ3n) is 1.80. The lowest BCUT2D eigenvalue weighted by Crippen LogP contribution is -2.28. The highest BCUT2D eigenvalue weighted by atomic mass is 32.2. The van der Waals surface area contributed by atoms with Gasteiger partial charge >= 0.3 is 0 Å². The molecule has 7 heteroatoms. The molecule has 88 valence electrons. The van der Waals surface area contributed by atoms with Crippen molar-refractivity contribution in [3.63, 3.8) is 0 Å². The van der Waals surface area contributed by atoms with E-state index in [0.717, 1.165) is 12.5 Å². The lowest BCUT2D eigenvalue weighted by atomic mass is 10.2. The van der Waals surface area contributed by atoms with Crippen LogP contribution in [0.15, 0.2) is 18.5 Å². The van der Waals surface area contributed by atoms with Gasteiger partial charge in [0.2, 0.25) is 0 Å². The quantitative estimate of drug-likeness (QED) is 0.748. The van der Waals surface area contributed by atoms with Gasteiger partial charge < -0.3 is 10.4 Å². The molecule has 1 heterocycles. The molecule has 16 heavy (non-hydrogen) atoms. The van der Waals surface area contributed by atoms with Crippen LogP contribution in [0.5, 0.6) is 5.75 Å². The standard InChI is InChI=1S/C9H12N2O4S/c1-16(14,15)5-4-11-9(13)7-2-3-10-6-8(7)12/h2-3,6,12H,4-5H2,1H3,(H,11,13). The average Bonchev–Trinajstić information content (AvgIpc) is 2.16. The number of carbonyl (C=O) groups is 1. The molecule has 6 nitrogen and oxygen atoms in total. The average molecular weight is 244 g/mol. The predicted octanol–water partition coefficient (Wildman–Crippen LogP) is -0.438. The van der Waals surface area contributed by atoms with Crippen molar-refractivity contribution >= 4 is 15.7 Å². The molecule has 1 amide bonds. The van der Waals surface area contributed by atoms with Crippen LogP contribution in [0.1, 0.15) is 10.4 Å². The topological polar surface area (TPSA) is 96.4 Å². The van der Waals surface area contributed by atoms with Crippen LogP contribution in [0, 0.1) is 0 Å². The molecule has 0 aliphatic carbocycles. The summed E-state index contributed by atoms with van der Waals surface area (Å²) in [6.07, 6.45) is 3.60. The van der Waals surface area contributed by atoms with E-state index in [1.807, 2.05) is 0 Å². The summed E-state index contributed by atoms with van der Waals surface area (Å²) < 4.78 is 21.6. The lowest BCUT2D eigenvalue weighted by Gasteiger charge is -2.05. The Balaban J connectivity index is 2.57. The molecule has 0 aliphatic heterocycles. The summed E-state index contributed by atoms with van der Waals surface area (Å²) in [7, 11) is -3.10. The Morgan fingerprint density at radius 3 is 2.81 bits per heavy atom. The molecule has 1 aromatic heterocycles. The highest BCUT2D eigenvalue weighted by Gasteiger charge is 2.10. The van der Waals surface area contributed by atoms with E-state index in [9.17, 15) is 18.3 Å². The zero-order valence-corrected chi connectivity index (χ0v) is 9.49. The Hall–Kier alpha value is -1.63. The maximum Gasteiger partial charge on any atom is 0.255 e. The third kappa shape index (κ3) is 3.85. The van der Waals surface area contributed by atoms with E-state index in [4.69, 9.17) is 0 Å². The largest absolute Gasteiger partial charge is 0.505 e. The molecule has 0 unspecified atom stereocenters. The zero-order chi connectivity index (χ0) is 12.2. The van der Waals surface area contributed by atoms with Crippen LogP contribution in [0.25, 0.3) is 0 Å². The fourth-order valence-electron chi connectivity index (χ4n) is 1.02. The van der Waals surface area contributed by atoms with Crippen molar-refractivity contribution in [1.29, 1.82) is 0 Å². The first kappa shape index (κ1) is 12.4. The van der Waals surface area contributed by atoms with Crippen molar-refractivity contribution in [1.82, 2.24) is 10.3 Å². The fourth-order valence-corrected chi connectivity index (χ4v) is 1.50. The van der Waals surface area contributed by atoms with E-state index in [0.29, 0.717) is 0 Å². The van der Waals surface area contributed by atoms with Crippen LogP contribution in [0.3, 0.4) is 0 Å². The first-order chi connectivity index (χ1) is 7.40. The van der Waals surface area contributed by atoms with Gasteiger partial charge in [-0.3, -0.25) is 9.78 Å². The summed E-state index contributed by atoms with van der Waals surface area (Å²) in [4.78, 5) is 15.1. The SMILES string of the molecule is CS(=O)(=O)CCNC(=O)c1ccncc1O. The molecule has 2 N–H and O–H groups in total. The number of hydrogen-bond donors (Lipinski definition) is 2. The lowest BCUT2D eigenvalue weighted by molar-refractivity contribution is 0.0953. The molecule has 1 rings (SSSR count). The summed E-state index contributed by atoms with van der Waals surface area (Å²) in [6.45, 7) is 0.0133. The second-order valence-electron chi connectivity index (χ2n) is 3.28. The monoisotopic (exact) mass is 244 g/mol. The van der Waals surface area contributed by atoms with E-state index in [2.05, 4.69) is 10.3 Å². The Morgan fingerprint density at radius 2 is 2.25 bits per heavy atom. The van der Waals surface area contributed by atoms with Gasteiger partial charge in [-0.15, -0.1) is 0 Å². The summed E-state index contributed by atoms with van der Waals surface area (Å²) in [5.41, 5.74) is 0.0727. The van der Waals surface area contributed by atoms with Crippen LogP contribution in [-0.2, 0) is 9.84 Å². The van der Waals surface area contributed by atoms with Crippen molar-refractivity contribution in [2.75, 3.05) is 18.6 Å². The molecule has 1 aromatic rings. The summed E-state index contributed by atoms with van der Waals surface area (Å²) in [5.74, 6) is -0.896. The second kappa shape index (κ2) is 4.93. The van der Waals surface area contributed by atoms with Crippen LogP contribution in [0.2, 0.25) is 0 Å². The normalized spacial score (nSPS) is 11.1. The van der Waals surface area contributed by atoms with Crippen molar-refractivity contribution in [2.24, 2.45) is 0 Å². The van der Waals surface area contributed by atoms with E-state index < -0.39 is 15.7 Å². The van der Waals surface area contributed by atoms with Crippen LogP contribution in [-0.4, -0.2) is 43.0 Å². The maximum absolute atomic E-state index is 11.5. The Labute approximate surface area is 93.2 Å². The number of carbonyl (C=O) groups excluding carboxylic acids is 1. The molecule has 0 saturated carbocycles. The number of aromatic nitrogens is 1. The van der Waals surface area contributed by atoms with E-state index >= 15 is 0 Å². The number of hydrogen-bond acceptors (Lipinski definition) is 5. The number of sulfone groups is 1.